The fourth-order valence-electron chi connectivity index (χ4n) is 3.32. The van der Waals surface area contributed by atoms with Crippen molar-refractivity contribution in [1.29, 1.82) is 0 Å². The Kier molecular flexibility index (Phi) is 5.35. The molecule has 0 fully saturated rings. The summed E-state index contributed by atoms with van der Waals surface area (Å²) in [7, 11) is 0. The van der Waals surface area contributed by atoms with Gasteiger partial charge in [0, 0.05) is 16.1 Å². The molecule has 1 aliphatic rings. The number of hydrogen-bond donors (Lipinski definition) is 2. The Hall–Kier alpha value is -3.48. The van der Waals surface area contributed by atoms with Gasteiger partial charge in [0.2, 0.25) is 5.96 Å². The van der Waals surface area contributed by atoms with E-state index < -0.39 is 11.5 Å². The molecule has 1 atom stereocenters. The van der Waals surface area contributed by atoms with Crippen molar-refractivity contribution in [2.75, 3.05) is 6.54 Å². The second-order valence-electron chi connectivity index (χ2n) is 6.88. The number of rotatable bonds is 3. The van der Waals surface area contributed by atoms with Crippen LogP contribution in [0.5, 0.6) is 0 Å². The fourth-order valence-corrected chi connectivity index (χ4v) is 3.44. The van der Waals surface area contributed by atoms with Crippen molar-refractivity contribution in [3.8, 4) is 0 Å². The van der Waals surface area contributed by atoms with Gasteiger partial charge in [0.05, 0.1) is 6.54 Å². The molecule has 30 heavy (non-hydrogen) atoms. The summed E-state index contributed by atoms with van der Waals surface area (Å²) in [6.07, 6.45) is 0. The first-order valence-corrected chi connectivity index (χ1v) is 9.69. The van der Waals surface area contributed by atoms with Crippen molar-refractivity contribution < 1.29 is 9.90 Å². The van der Waals surface area contributed by atoms with E-state index in [0.717, 1.165) is 5.56 Å². The van der Waals surface area contributed by atoms with Gasteiger partial charge in [0.1, 0.15) is 5.71 Å². The number of hydrazone groups is 1. The minimum Gasteiger partial charge on any atom is -0.377 e. The monoisotopic (exact) mass is 418 g/mol. The van der Waals surface area contributed by atoms with Crippen LogP contribution in [0.1, 0.15) is 21.5 Å². The molecule has 0 spiro atoms. The molecule has 0 aliphatic carbocycles. The quantitative estimate of drug-likeness (QED) is 0.503. The molecule has 4 rings (SSSR count). The van der Waals surface area contributed by atoms with Crippen molar-refractivity contribution in [2.45, 2.75) is 5.60 Å². The molecule has 7 heteroatoms. The number of β-amino-alcohol motifs (C(OH)–C–C–N with tert-alkyl or cyclic N) is 1. The predicted octanol–water partition coefficient (Wildman–Crippen LogP) is 3.40. The van der Waals surface area contributed by atoms with Crippen LogP contribution >= 0.6 is 11.6 Å². The third-order valence-corrected chi connectivity index (χ3v) is 5.11. The van der Waals surface area contributed by atoms with Gasteiger partial charge in [-0.2, -0.15) is 10.1 Å². The smallest absolute Gasteiger partial charge is 0.280 e. The highest BCUT2D eigenvalue weighted by atomic mass is 35.5. The second-order valence-corrected chi connectivity index (χ2v) is 7.32. The number of halogens is 1. The molecule has 0 radical (unpaired) electrons. The summed E-state index contributed by atoms with van der Waals surface area (Å²) in [4.78, 5) is 16.4. The molecule has 0 saturated heterocycles. The van der Waals surface area contributed by atoms with E-state index in [2.05, 4.69) is 10.1 Å². The molecule has 150 valence electrons. The third kappa shape index (κ3) is 3.83. The zero-order valence-corrected chi connectivity index (χ0v) is 16.7. The second kappa shape index (κ2) is 8.10. The molecule has 1 aliphatic heterocycles. The van der Waals surface area contributed by atoms with Crippen molar-refractivity contribution in [3.63, 3.8) is 0 Å². The van der Waals surface area contributed by atoms with Crippen LogP contribution in [0, 0.1) is 0 Å². The van der Waals surface area contributed by atoms with Crippen LogP contribution in [0.3, 0.4) is 0 Å². The van der Waals surface area contributed by atoms with Gasteiger partial charge >= 0.3 is 0 Å². The average Bonchev–Trinajstić information content (AvgIpc) is 3.14. The molecule has 0 aromatic heterocycles. The third-order valence-electron chi connectivity index (χ3n) is 4.86. The number of aliphatic hydroxyl groups is 1. The number of amides is 1. The van der Waals surface area contributed by atoms with Crippen molar-refractivity contribution in [2.24, 2.45) is 15.8 Å². The topological polar surface area (TPSA) is 91.3 Å². The van der Waals surface area contributed by atoms with Crippen LogP contribution in [-0.2, 0) is 5.60 Å². The van der Waals surface area contributed by atoms with Gasteiger partial charge in [-0.25, -0.2) is 5.01 Å². The van der Waals surface area contributed by atoms with Gasteiger partial charge in [-0.3, -0.25) is 4.79 Å². The van der Waals surface area contributed by atoms with E-state index in [1.165, 1.54) is 5.01 Å². The van der Waals surface area contributed by atoms with E-state index in [1.807, 2.05) is 60.7 Å². The van der Waals surface area contributed by atoms with Crippen molar-refractivity contribution in [1.82, 2.24) is 5.01 Å². The van der Waals surface area contributed by atoms with E-state index in [-0.39, 0.29) is 12.5 Å². The summed E-state index contributed by atoms with van der Waals surface area (Å²) in [5.74, 6) is -0.619. The zero-order chi connectivity index (χ0) is 21.1. The Morgan fingerprint density at radius 3 is 2.23 bits per heavy atom. The highest BCUT2D eigenvalue weighted by Crippen LogP contribution is 2.32. The molecular formula is C23H19ClN4O2. The van der Waals surface area contributed by atoms with Crippen LogP contribution in [0.25, 0.3) is 0 Å². The Bertz CT molecular complexity index is 1110. The van der Waals surface area contributed by atoms with Crippen LogP contribution in [-0.4, -0.2) is 34.2 Å². The number of carbonyl (C=O) groups is 1. The number of guanidine groups is 1. The zero-order valence-electron chi connectivity index (χ0n) is 15.9. The molecule has 1 amide bonds. The standard InChI is InChI=1S/C23H19ClN4O2/c24-19-13-11-17(12-14-19)21(29)26-22(25)28-15-23(30,18-9-5-2-6-10-18)20(27-28)16-7-3-1-4-8-16/h1-14,30H,15H2,(H2,25,26,29). The van der Waals surface area contributed by atoms with Crippen LogP contribution in [0.2, 0.25) is 5.02 Å². The minimum atomic E-state index is -1.41. The largest absolute Gasteiger partial charge is 0.377 e. The lowest BCUT2D eigenvalue weighted by Gasteiger charge is -2.25. The maximum Gasteiger partial charge on any atom is 0.280 e. The Labute approximate surface area is 178 Å². The van der Waals surface area contributed by atoms with E-state index in [0.29, 0.717) is 21.9 Å². The van der Waals surface area contributed by atoms with Gasteiger partial charge in [-0.15, -0.1) is 0 Å². The predicted molar refractivity (Wildman–Crippen MR) is 117 cm³/mol. The lowest BCUT2D eigenvalue weighted by molar-refractivity contribution is 0.0981. The average molecular weight is 419 g/mol. The molecule has 3 aromatic rings. The van der Waals surface area contributed by atoms with Crippen LogP contribution < -0.4 is 5.73 Å². The van der Waals surface area contributed by atoms with Crippen molar-refractivity contribution >= 4 is 29.2 Å². The van der Waals surface area contributed by atoms with Crippen LogP contribution in [0.4, 0.5) is 0 Å². The normalized spacial score (nSPS) is 18.9. The lowest BCUT2D eigenvalue weighted by Crippen LogP contribution is -2.42. The molecule has 0 saturated carbocycles. The Balaban J connectivity index is 1.70. The Morgan fingerprint density at radius 2 is 1.60 bits per heavy atom. The number of carbonyl (C=O) groups excluding carboxylic acids is 1. The molecule has 3 N–H and O–H groups in total. The first kappa shape index (κ1) is 19.8. The number of hydrogen-bond acceptors (Lipinski definition) is 3. The summed E-state index contributed by atoms with van der Waals surface area (Å²) in [6, 6.07) is 24.9. The van der Waals surface area contributed by atoms with Gasteiger partial charge in [-0.1, -0.05) is 72.3 Å². The Morgan fingerprint density at radius 1 is 1.00 bits per heavy atom. The first-order chi connectivity index (χ1) is 14.5. The molecule has 3 aromatic carbocycles. The number of nitrogens with zero attached hydrogens (tertiary/aromatic N) is 3. The number of aliphatic imine (C=N–C) groups is 1. The number of nitrogens with two attached hydrogens (primary N) is 1. The summed E-state index contributed by atoms with van der Waals surface area (Å²) >= 11 is 5.86. The fraction of sp³-hybridized carbons (Fsp3) is 0.0870. The van der Waals surface area contributed by atoms with Gasteiger partial charge in [0.25, 0.3) is 5.91 Å². The van der Waals surface area contributed by atoms with Gasteiger partial charge in [-0.05, 0) is 29.8 Å². The van der Waals surface area contributed by atoms with Crippen LogP contribution in [0.15, 0.2) is 95.0 Å². The highest BCUT2D eigenvalue weighted by molar-refractivity contribution is 6.30. The maximum atomic E-state index is 12.5. The summed E-state index contributed by atoms with van der Waals surface area (Å²) < 4.78 is 0. The number of benzene rings is 3. The molecule has 1 unspecified atom stereocenters. The van der Waals surface area contributed by atoms with E-state index in [9.17, 15) is 9.90 Å². The molecular weight excluding hydrogens is 400 g/mol. The SMILES string of the molecule is NC(=NC(=O)c1ccc(Cl)cc1)N1CC(O)(c2ccccc2)C(c2ccccc2)=N1. The maximum absolute atomic E-state index is 12.5. The van der Waals surface area contributed by atoms with Gasteiger partial charge in [0.15, 0.2) is 5.60 Å². The van der Waals surface area contributed by atoms with E-state index >= 15 is 0 Å². The molecule has 6 nitrogen and oxygen atoms in total. The van der Waals surface area contributed by atoms with E-state index in [1.54, 1.807) is 24.3 Å². The van der Waals surface area contributed by atoms with E-state index in [4.69, 9.17) is 17.3 Å². The van der Waals surface area contributed by atoms with Gasteiger partial charge < -0.3 is 10.8 Å². The van der Waals surface area contributed by atoms with Crippen molar-refractivity contribution in [3.05, 3.63) is 107 Å². The molecule has 0 bridgehead atoms. The molecule has 1 heterocycles. The first-order valence-electron chi connectivity index (χ1n) is 9.31. The minimum absolute atomic E-state index is 0.0322. The summed E-state index contributed by atoms with van der Waals surface area (Å²) in [5, 5.41) is 18.0. The highest BCUT2D eigenvalue weighted by Gasteiger charge is 2.44. The summed E-state index contributed by atoms with van der Waals surface area (Å²) in [5.41, 5.74) is 6.90. The lowest BCUT2D eigenvalue weighted by atomic mass is 9.86. The summed E-state index contributed by atoms with van der Waals surface area (Å²) in [6.45, 7) is 0.0322.